The molecule has 4 atom stereocenters. The summed E-state index contributed by atoms with van der Waals surface area (Å²) in [6.45, 7) is 3.47. The minimum absolute atomic E-state index is 0.246. The first-order valence-corrected chi connectivity index (χ1v) is 18.0. The van der Waals surface area contributed by atoms with Gasteiger partial charge < -0.3 is 18.8 Å². The summed E-state index contributed by atoms with van der Waals surface area (Å²) in [7, 11) is -2.01. The van der Waals surface area contributed by atoms with Gasteiger partial charge in [0, 0.05) is 12.8 Å². The zero-order chi connectivity index (χ0) is 28.0. The fourth-order valence-corrected chi connectivity index (χ4v) is 6.90. The summed E-state index contributed by atoms with van der Waals surface area (Å²) in [5.41, 5.74) is 1.37. The van der Waals surface area contributed by atoms with E-state index in [2.05, 4.69) is 38.2 Å². The molecule has 0 bridgehead atoms. The summed E-state index contributed by atoms with van der Waals surface area (Å²) in [4.78, 5) is 13.9. The molecule has 226 valence electrons. The Hall–Kier alpha value is -0.710. The Bertz CT molecular complexity index is 746. The second-order valence-electron chi connectivity index (χ2n) is 12.0. The fraction of sp³-hybridized carbons (Fsp3) is 0.818. The van der Waals surface area contributed by atoms with Gasteiger partial charge in [-0.1, -0.05) is 134 Å². The Kier molecular flexibility index (Phi) is 19.4. The van der Waals surface area contributed by atoms with Crippen LogP contribution in [-0.4, -0.2) is 32.3 Å². The van der Waals surface area contributed by atoms with Gasteiger partial charge in [-0.3, -0.25) is 4.57 Å². The van der Waals surface area contributed by atoms with E-state index in [1.807, 2.05) is 6.07 Å². The van der Waals surface area contributed by atoms with Crippen LogP contribution >= 0.6 is 7.82 Å². The second-order valence-corrected chi connectivity index (χ2v) is 13.4. The lowest BCUT2D eigenvalue weighted by atomic mass is 9.95. The van der Waals surface area contributed by atoms with Gasteiger partial charge in [0.15, 0.2) is 0 Å². The van der Waals surface area contributed by atoms with E-state index < -0.39 is 7.82 Å². The van der Waals surface area contributed by atoms with E-state index in [1.165, 1.54) is 93.9 Å². The van der Waals surface area contributed by atoms with Crippen molar-refractivity contribution < 1.29 is 23.4 Å². The highest BCUT2D eigenvalue weighted by molar-refractivity contribution is 7.45. The highest BCUT2D eigenvalue weighted by atomic mass is 31.2. The molecule has 1 aliphatic rings. The smallest absolute Gasteiger partial charge is 0.268 e. The molecule has 0 aromatic heterocycles. The molecule has 0 radical (unpaired) electrons. The van der Waals surface area contributed by atoms with Crippen molar-refractivity contribution in [3.8, 4) is 0 Å². The van der Waals surface area contributed by atoms with Gasteiger partial charge in [0.05, 0.1) is 32.3 Å². The summed E-state index contributed by atoms with van der Waals surface area (Å²) in [5.74, 6) is 0. The van der Waals surface area contributed by atoms with Crippen molar-refractivity contribution in [1.29, 1.82) is 0 Å². The van der Waals surface area contributed by atoms with Crippen molar-refractivity contribution in [1.82, 2.24) is 0 Å². The van der Waals surface area contributed by atoms with Gasteiger partial charge in [-0.25, -0.2) is 0 Å². The predicted octanol–water partition coefficient (Wildman–Crippen LogP) is 7.82. The Morgan fingerprint density at radius 3 is 1.92 bits per heavy atom. The van der Waals surface area contributed by atoms with Gasteiger partial charge in [0.2, 0.25) is 0 Å². The third-order valence-electron chi connectivity index (χ3n) is 8.49. The molecular weight excluding hydrogens is 505 g/mol. The first-order valence-electron chi connectivity index (χ1n) is 16.5. The lowest BCUT2D eigenvalue weighted by Crippen LogP contribution is -3.14. The summed E-state index contributed by atoms with van der Waals surface area (Å²) in [6.07, 6.45) is 25.4. The maximum absolute atomic E-state index is 12.4. The molecule has 2 rings (SSSR count). The van der Waals surface area contributed by atoms with Crippen LogP contribution in [-0.2, 0) is 20.0 Å². The average Bonchev–Trinajstić information content (AvgIpc) is 2.92. The molecule has 0 amide bonds. The molecule has 5 nitrogen and oxygen atoms in total. The number of piperidine rings is 1. The number of rotatable bonds is 24. The van der Waals surface area contributed by atoms with E-state index in [-0.39, 0.29) is 12.7 Å². The highest BCUT2D eigenvalue weighted by Gasteiger charge is 2.31. The summed E-state index contributed by atoms with van der Waals surface area (Å²) in [6, 6.07) is 11.0. The molecule has 39 heavy (non-hydrogen) atoms. The standard InChI is InChI=1S/C33H60NO4P/c1-3-4-5-6-7-8-9-10-11-12-13-14-15-16-17-21-29-37-39(35,36)38-33-27-28-34(2)32(30-33)26-22-25-31-23-19-18-20-24-31/h18-20,23-24,32-33H,3-17,21-22,25-30H2,1-2H3,(H,35,36). The van der Waals surface area contributed by atoms with Crippen LogP contribution in [0.4, 0.5) is 0 Å². The Morgan fingerprint density at radius 2 is 1.36 bits per heavy atom. The number of phosphoric ester groups is 1. The van der Waals surface area contributed by atoms with E-state index >= 15 is 0 Å². The molecule has 4 unspecified atom stereocenters. The fourth-order valence-electron chi connectivity index (χ4n) is 5.93. The van der Waals surface area contributed by atoms with Crippen LogP contribution in [0.2, 0.25) is 0 Å². The third-order valence-corrected chi connectivity index (χ3v) is 9.55. The number of aryl methyl sites for hydroxylation is 1. The van der Waals surface area contributed by atoms with Crippen LogP contribution in [0.15, 0.2) is 30.3 Å². The monoisotopic (exact) mass is 565 g/mol. The van der Waals surface area contributed by atoms with Gasteiger partial charge in [-0.2, -0.15) is 0 Å². The summed E-state index contributed by atoms with van der Waals surface area (Å²) < 4.78 is 23.2. The minimum atomic E-state index is -4.23. The summed E-state index contributed by atoms with van der Waals surface area (Å²) in [5, 5.41) is 0. The van der Waals surface area contributed by atoms with Crippen LogP contribution in [0.25, 0.3) is 0 Å². The van der Waals surface area contributed by atoms with E-state index in [9.17, 15) is 9.46 Å². The number of unbranched alkanes of at least 4 members (excludes halogenated alkanes) is 15. The number of hydrogen-bond donors (Lipinski definition) is 1. The van der Waals surface area contributed by atoms with Gasteiger partial charge in [-0.15, -0.1) is 0 Å². The lowest BCUT2D eigenvalue weighted by Gasteiger charge is -2.36. The minimum Gasteiger partial charge on any atom is -0.756 e. The first kappa shape index (κ1) is 34.5. The summed E-state index contributed by atoms with van der Waals surface area (Å²) >= 11 is 0. The molecule has 6 heteroatoms. The van der Waals surface area contributed by atoms with E-state index in [1.54, 1.807) is 0 Å². The molecule has 1 heterocycles. The first-order chi connectivity index (χ1) is 19.0. The van der Waals surface area contributed by atoms with Crippen molar-refractivity contribution in [2.24, 2.45) is 0 Å². The van der Waals surface area contributed by atoms with Crippen LogP contribution in [0.5, 0.6) is 0 Å². The molecule has 1 saturated heterocycles. The van der Waals surface area contributed by atoms with Crippen molar-refractivity contribution >= 4 is 7.82 Å². The molecule has 1 aromatic carbocycles. The predicted molar refractivity (Wildman–Crippen MR) is 162 cm³/mol. The van der Waals surface area contributed by atoms with Crippen LogP contribution in [0, 0.1) is 0 Å². The number of quaternary nitrogens is 1. The van der Waals surface area contributed by atoms with Crippen LogP contribution in [0.3, 0.4) is 0 Å². The normalized spacial score (nSPS) is 21.2. The SMILES string of the molecule is CCCCCCCCCCCCCCCCCCOP(=O)([O-])OC1CC[NH+](C)C(CCCc2ccccc2)C1. The van der Waals surface area contributed by atoms with E-state index in [0.29, 0.717) is 6.04 Å². The van der Waals surface area contributed by atoms with Crippen LogP contribution in [0.1, 0.15) is 141 Å². The van der Waals surface area contributed by atoms with E-state index in [4.69, 9.17) is 9.05 Å². The topological polar surface area (TPSA) is 63.0 Å². The van der Waals surface area contributed by atoms with Gasteiger partial charge in [0.25, 0.3) is 7.82 Å². The molecular formula is C33H60NO4P. The Morgan fingerprint density at radius 1 is 0.821 bits per heavy atom. The van der Waals surface area contributed by atoms with Crippen molar-refractivity contribution in [3.63, 3.8) is 0 Å². The van der Waals surface area contributed by atoms with Crippen LogP contribution < -0.4 is 9.79 Å². The molecule has 0 aliphatic carbocycles. The molecule has 1 N–H and O–H groups in total. The highest BCUT2D eigenvalue weighted by Crippen LogP contribution is 2.41. The number of phosphoric acid groups is 1. The molecule has 1 aliphatic heterocycles. The number of hydrogen-bond acceptors (Lipinski definition) is 4. The number of nitrogens with one attached hydrogen (secondary N) is 1. The van der Waals surface area contributed by atoms with Crippen molar-refractivity contribution in [2.75, 3.05) is 20.2 Å². The molecule has 0 spiro atoms. The lowest BCUT2D eigenvalue weighted by molar-refractivity contribution is -0.912. The quantitative estimate of drug-likeness (QED) is 0.103. The largest absolute Gasteiger partial charge is 0.756 e. The molecule has 1 fully saturated rings. The zero-order valence-electron chi connectivity index (χ0n) is 25.4. The van der Waals surface area contributed by atoms with Crippen molar-refractivity contribution in [3.05, 3.63) is 35.9 Å². The molecule has 1 aromatic rings. The maximum Gasteiger partial charge on any atom is 0.268 e. The zero-order valence-corrected chi connectivity index (χ0v) is 26.3. The Balaban J connectivity index is 1.43. The number of likely N-dealkylation sites (tertiary alicyclic amines) is 1. The maximum atomic E-state index is 12.4. The van der Waals surface area contributed by atoms with E-state index in [0.717, 1.165) is 57.9 Å². The second kappa shape index (κ2) is 22.0. The van der Waals surface area contributed by atoms with Crippen molar-refractivity contribution in [2.45, 2.75) is 154 Å². The third kappa shape index (κ3) is 17.7. The Labute approximate surface area is 241 Å². The van der Waals surface area contributed by atoms with Gasteiger partial charge >= 0.3 is 0 Å². The van der Waals surface area contributed by atoms with Gasteiger partial charge in [-0.05, 0) is 31.2 Å². The van der Waals surface area contributed by atoms with Gasteiger partial charge in [0.1, 0.15) is 0 Å². The average molecular weight is 566 g/mol. The number of benzene rings is 1. The molecule has 0 saturated carbocycles.